The monoisotopic (exact) mass is 139 g/mol. The van der Waals surface area contributed by atoms with Crippen LogP contribution in [0.15, 0.2) is 12.1 Å². The van der Waals surface area contributed by atoms with Crippen LogP contribution in [0.3, 0.4) is 0 Å². The average Bonchev–Trinajstić information content (AvgIpc) is 1.85. The van der Waals surface area contributed by atoms with Gasteiger partial charge < -0.3 is 0 Å². The first-order chi connectivity index (χ1) is 4.72. The highest BCUT2D eigenvalue weighted by atomic mass is 19.1. The van der Waals surface area contributed by atoms with Gasteiger partial charge in [-0.1, -0.05) is 6.92 Å². The Morgan fingerprint density at radius 3 is 2.70 bits per heavy atom. The molecule has 0 saturated heterocycles. The van der Waals surface area contributed by atoms with E-state index < -0.39 is 0 Å². The van der Waals surface area contributed by atoms with E-state index in [1.54, 1.807) is 6.92 Å². The van der Waals surface area contributed by atoms with Gasteiger partial charge in [0.15, 0.2) is 0 Å². The van der Waals surface area contributed by atoms with Gasteiger partial charge in [-0.15, -0.1) is 0 Å². The Balaban J connectivity index is 3.06. The van der Waals surface area contributed by atoms with Crippen molar-refractivity contribution in [3.8, 4) is 0 Å². The van der Waals surface area contributed by atoms with Gasteiger partial charge in [-0.05, 0) is 25.5 Å². The topological polar surface area (TPSA) is 12.9 Å². The molecule has 0 N–H and O–H groups in total. The summed E-state index contributed by atoms with van der Waals surface area (Å²) in [6, 6.07) is 2.90. The third-order valence-electron chi connectivity index (χ3n) is 1.33. The minimum atomic E-state index is -0.190. The van der Waals surface area contributed by atoms with Crippen molar-refractivity contribution < 1.29 is 4.39 Å². The second-order valence-corrected chi connectivity index (χ2v) is 2.27. The second kappa shape index (κ2) is 2.78. The molecule has 0 amide bonds. The molecule has 1 heterocycles. The normalized spacial score (nSPS) is 9.90. The first-order valence-electron chi connectivity index (χ1n) is 3.35. The van der Waals surface area contributed by atoms with Crippen LogP contribution in [0.2, 0.25) is 0 Å². The van der Waals surface area contributed by atoms with Crippen LogP contribution in [-0.2, 0) is 6.42 Å². The van der Waals surface area contributed by atoms with Gasteiger partial charge in [-0.3, -0.25) is 4.98 Å². The lowest BCUT2D eigenvalue weighted by Gasteiger charge is -1.97. The van der Waals surface area contributed by atoms with E-state index in [0.29, 0.717) is 0 Å². The molecule has 0 fully saturated rings. The molecule has 0 radical (unpaired) electrons. The van der Waals surface area contributed by atoms with Gasteiger partial charge in [0.25, 0.3) is 0 Å². The maximum absolute atomic E-state index is 12.6. The zero-order valence-electron chi connectivity index (χ0n) is 6.19. The fourth-order valence-electron chi connectivity index (χ4n) is 0.873. The van der Waals surface area contributed by atoms with E-state index in [1.165, 1.54) is 12.1 Å². The summed E-state index contributed by atoms with van der Waals surface area (Å²) in [6.07, 6.45) is 0.790. The fourth-order valence-corrected chi connectivity index (χ4v) is 0.873. The van der Waals surface area contributed by atoms with Crippen molar-refractivity contribution in [1.29, 1.82) is 0 Å². The maximum atomic E-state index is 12.6. The highest BCUT2D eigenvalue weighted by Gasteiger charge is 1.95. The summed E-state index contributed by atoms with van der Waals surface area (Å²) < 4.78 is 12.6. The van der Waals surface area contributed by atoms with Crippen molar-refractivity contribution in [2.24, 2.45) is 0 Å². The molecule has 0 aromatic carbocycles. The molecule has 54 valence electrons. The molecule has 0 unspecified atom stereocenters. The Hall–Kier alpha value is -0.920. The lowest BCUT2D eigenvalue weighted by molar-refractivity contribution is 0.620. The number of pyridine rings is 1. The molecule has 0 aliphatic carbocycles. The van der Waals surface area contributed by atoms with Gasteiger partial charge in [0.05, 0.1) is 0 Å². The van der Waals surface area contributed by atoms with E-state index >= 15 is 0 Å². The number of rotatable bonds is 1. The zero-order valence-corrected chi connectivity index (χ0v) is 6.19. The van der Waals surface area contributed by atoms with Crippen LogP contribution in [0.25, 0.3) is 0 Å². The highest BCUT2D eigenvalue weighted by molar-refractivity contribution is 5.11. The van der Waals surface area contributed by atoms with Gasteiger partial charge in [-0.25, -0.2) is 4.39 Å². The van der Waals surface area contributed by atoms with Crippen LogP contribution in [-0.4, -0.2) is 4.98 Å². The second-order valence-electron chi connectivity index (χ2n) is 2.27. The largest absolute Gasteiger partial charge is 0.258 e. The van der Waals surface area contributed by atoms with Crippen LogP contribution in [0.4, 0.5) is 4.39 Å². The van der Waals surface area contributed by atoms with Gasteiger partial charge in [0.2, 0.25) is 0 Å². The van der Waals surface area contributed by atoms with Crippen molar-refractivity contribution in [1.82, 2.24) is 4.98 Å². The molecule has 1 aromatic rings. The molecule has 0 aliphatic rings. The lowest BCUT2D eigenvalue weighted by Crippen LogP contribution is -1.91. The minimum Gasteiger partial charge on any atom is -0.258 e. The van der Waals surface area contributed by atoms with Crippen LogP contribution in [0, 0.1) is 12.7 Å². The van der Waals surface area contributed by atoms with Gasteiger partial charge in [-0.2, -0.15) is 0 Å². The lowest BCUT2D eigenvalue weighted by atomic mass is 10.2. The SMILES string of the molecule is CCc1cc(F)cc(C)n1. The quantitative estimate of drug-likeness (QED) is 0.580. The third kappa shape index (κ3) is 1.53. The van der Waals surface area contributed by atoms with Crippen LogP contribution < -0.4 is 0 Å². The first kappa shape index (κ1) is 7.19. The van der Waals surface area contributed by atoms with Crippen LogP contribution in [0.5, 0.6) is 0 Å². The van der Waals surface area contributed by atoms with Gasteiger partial charge in [0.1, 0.15) is 5.82 Å². The average molecular weight is 139 g/mol. The van der Waals surface area contributed by atoms with E-state index in [4.69, 9.17) is 0 Å². The number of nitrogens with zero attached hydrogens (tertiary/aromatic N) is 1. The Labute approximate surface area is 59.9 Å². The standard InChI is InChI=1S/C8H10FN/c1-3-8-5-7(9)4-6(2)10-8/h4-5H,3H2,1-2H3. The Morgan fingerprint density at radius 2 is 2.20 bits per heavy atom. The molecule has 1 aromatic heterocycles. The molecule has 2 heteroatoms. The first-order valence-corrected chi connectivity index (χ1v) is 3.35. The summed E-state index contributed by atoms with van der Waals surface area (Å²) in [7, 11) is 0. The molecule has 0 saturated carbocycles. The van der Waals surface area contributed by atoms with E-state index in [1.807, 2.05) is 6.92 Å². The number of hydrogen-bond donors (Lipinski definition) is 0. The summed E-state index contributed by atoms with van der Waals surface area (Å²) in [4.78, 5) is 4.11. The molecule has 0 atom stereocenters. The van der Waals surface area contributed by atoms with Crippen molar-refractivity contribution in [3.05, 3.63) is 29.3 Å². The predicted molar refractivity (Wildman–Crippen MR) is 38.3 cm³/mol. The van der Waals surface area contributed by atoms with Crippen LogP contribution in [0.1, 0.15) is 18.3 Å². The highest BCUT2D eigenvalue weighted by Crippen LogP contribution is 2.03. The molecular weight excluding hydrogens is 129 g/mol. The zero-order chi connectivity index (χ0) is 7.56. The number of halogens is 1. The summed E-state index contributed by atoms with van der Waals surface area (Å²) in [5, 5.41) is 0. The molecular formula is C8H10FN. The Bertz CT molecular complexity index is 212. The van der Waals surface area contributed by atoms with E-state index in [2.05, 4.69) is 4.98 Å². The molecule has 0 aliphatic heterocycles. The molecule has 0 spiro atoms. The van der Waals surface area contributed by atoms with Crippen LogP contribution >= 0.6 is 0 Å². The number of hydrogen-bond acceptors (Lipinski definition) is 1. The number of aryl methyl sites for hydroxylation is 2. The molecule has 1 nitrogen and oxygen atoms in total. The van der Waals surface area contributed by atoms with Crippen molar-refractivity contribution in [3.63, 3.8) is 0 Å². The molecule has 1 rings (SSSR count). The predicted octanol–water partition coefficient (Wildman–Crippen LogP) is 2.09. The fraction of sp³-hybridized carbons (Fsp3) is 0.375. The summed E-state index contributed by atoms with van der Waals surface area (Å²) >= 11 is 0. The summed E-state index contributed by atoms with van der Waals surface area (Å²) in [5.41, 5.74) is 1.56. The van der Waals surface area contributed by atoms with Gasteiger partial charge in [0, 0.05) is 11.4 Å². The Kier molecular flexibility index (Phi) is 2.00. The van der Waals surface area contributed by atoms with Crippen molar-refractivity contribution in [2.75, 3.05) is 0 Å². The Morgan fingerprint density at radius 1 is 1.50 bits per heavy atom. The van der Waals surface area contributed by atoms with E-state index in [9.17, 15) is 4.39 Å². The summed E-state index contributed by atoms with van der Waals surface area (Å²) in [5.74, 6) is -0.190. The molecule has 0 bridgehead atoms. The smallest absolute Gasteiger partial charge is 0.126 e. The maximum Gasteiger partial charge on any atom is 0.126 e. The number of aromatic nitrogens is 1. The summed E-state index contributed by atoms with van der Waals surface area (Å²) in [6.45, 7) is 3.75. The van der Waals surface area contributed by atoms with Crippen molar-refractivity contribution in [2.45, 2.75) is 20.3 Å². The van der Waals surface area contributed by atoms with Gasteiger partial charge >= 0.3 is 0 Å². The minimum absolute atomic E-state index is 0.190. The van der Waals surface area contributed by atoms with E-state index in [0.717, 1.165) is 17.8 Å². The van der Waals surface area contributed by atoms with Crippen molar-refractivity contribution >= 4 is 0 Å². The third-order valence-corrected chi connectivity index (χ3v) is 1.33. The molecule has 10 heavy (non-hydrogen) atoms. The van der Waals surface area contributed by atoms with E-state index in [-0.39, 0.29) is 5.82 Å².